The fourth-order valence-corrected chi connectivity index (χ4v) is 3.29. The van der Waals surface area contributed by atoms with Crippen LogP contribution in [-0.2, 0) is 0 Å². The van der Waals surface area contributed by atoms with Gasteiger partial charge in [-0.1, -0.05) is 19.3 Å². The molecule has 8 heteroatoms. The van der Waals surface area contributed by atoms with Crippen molar-refractivity contribution in [2.45, 2.75) is 44.9 Å². The van der Waals surface area contributed by atoms with Crippen molar-refractivity contribution in [2.75, 3.05) is 18.4 Å². The number of aromatic nitrogens is 4. The SMILES string of the molecule is Cc1cc(=O)[nH]c(NCCNC(=O)c2cn[nH]c2C2CCCCC2)n1. The van der Waals surface area contributed by atoms with Gasteiger partial charge in [-0.25, -0.2) is 4.98 Å². The van der Waals surface area contributed by atoms with Gasteiger partial charge in [0.05, 0.1) is 17.5 Å². The van der Waals surface area contributed by atoms with Gasteiger partial charge in [0.2, 0.25) is 5.95 Å². The number of nitrogens with one attached hydrogen (secondary N) is 4. The third kappa shape index (κ3) is 4.46. The molecule has 25 heavy (non-hydrogen) atoms. The number of hydrogen-bond donors (Lipinski definition) is 4. The van der Waals surface area contributed by atoms with Crippen LogP contribution in [0.3, 0.4) is 0 Å². The zero-order chi connectivity index (χ0) is 17.6. The van der Waals surface area contributed by atoms with Gasteiger partial charge in [0.1, 0.15) is 0 Å². The van der Waals surface area contributed by atoms with Gasteiger partial charge in [-0.2, -0.15) is 5.10 Å². The van der Waals surface area contributed by atoms with Crippen LogP contribution in [0.1, 0.15) is 59.8 Å². The highest BCUT2D eigenvalue weighted by molar-refractivity contribution is 5.95. The fourth-order valence-electron chi connectivity index (χ4n) is 3.29. The van der Waals surface area contributed by atoms with Crippen LogP contribution < -0.4 is 16.2 Å². The Morgan fingerprint density at radius 1 is 1.28 bits per heavy atom. The van der Waals surface area contributed by atoms with Gasteiger partial charge in [-0.05, 0) is 19.8 Å². The van der Waals surface area contributed by atoms with E-state index in [1.54, 1.807) is 13.1 Å². The molecule has 2 aromatic rings. The first-order chi connectivity index (χ1) is 12.1. The zero-order valence-corrected chi connectivity index (χ0v) is 14.4. The standard InChI is InChI=1S/C17H24N6O2/c1-11-9-14(24)22-17(21-11)19-8-7-18-16(25)13-10-20-23-15(13)12-5-3-2-4-6-12/h9-10,12H,2-8H2,1H3,(H,18,25)(H,20,23)(H2,19,21,22,24). The normalized spacial score (nSPS) is 15.1. The average Bonchev–Trinajstić information content (AvgIpc) is 3.08. The summed E-state index contributed by atoms with van der Waals surface area (Å²) in [6.07, 6.45) is 7.50. The monoisotopic (exact) mass is 344 g/mol. The van der Waals surface area contributed by atoms with E-state index in [9.17, 15) is 9.59 Å². The van der Waals surface area contributed by atoms with Crippen molar-refractivity contribution in [2.24, 2.45) is 0 Å². The van der Waals surface area contributed by atoms with Gasteiger partial charge in [-0.3, -0.25) is 19.7 Å². The minimum atomic E-state index is -0.199. The molecule has 134 valence electrons. The zero-order valence-electron chi connectivity index (χ0n) is 14.4. The number of hydrogen-bond acceptors (Lipinski definition) is 5. The van der Waals surface area contributed by atoms with Crippen molar-refractivity contribution >= 4 is 11.9 Å². The summed E-state index contributed by atoms with van der Waals surface area (Å²) in [7, 11) is 0. The van der Waals surface area contributed by atoms with Gasteiger partial charge < -0.3 is 10.6 Å². The van der Waals surface area contributed by atoms with E-state index in [0.717, 1.165) is 18.5 Å². The van der Waals surface area contributed by atoms with Crippen molar-refractivity contribution in [3.63, 3.8) is 0 Å². The maximum Gasteiger partial charge on any atom is 0.254 e. The minimum Gasteiger partial charge on any atom is -0.354 e. The van der Waals surface area contributed by atoms with Crippen LogP contribution in [0.4, 0.5) is 5.95 Å². The Labute approximate surface area is 145 Å². The number of carbonyl (C=O) groups excluding carboxylic acids is 1. The van der Waals surface area contributed by atoms with Gasteiger partial charge in [0.25, 0.3) is 11.5 Å². The average molecular weight is 344 g/mol. The Morgan fingerprint density at radius 3 is 2.84 bits per heavy atom. The molecule has 2 aromatic heterocycles. The topological polar surface area (TPSA) is 116 Å². The summed E-state index contributed by atoms with van der Waals surface area (Å²) in [5.74, 6) is 0.684. The van der Waals surface area contributed by atoms with Crippen LogP contribution in [-0.4, -0.2) is 39.2 Å². The Hall–Kier alpha value is -2.64. The molecule has 0 unspecified atom stereocenters. The summed E-state index contributed by atoms with van der Waals surface area (Å²) in [6.45, 7) is 2.65. The second kappa shape index (κ2) is 7.96. The van der Waals surface area contributed by atoms with Crippen LogP contribution in [0, 0.1) is 6.92 Å². The summed E-state index contributed by atoms with van der Waals surface area (Å²) in [6, 6.07) is 1.43. The van der Waals surface area contributed by atoms with E-state index in [1.165, 1.54) is 25.3 Å². The third-order valence-corrected chi connectivity index (χ3v) is 4.50. The van der Waals surface area contributed by atoms with Crippen LogP contribution in [0.2, 0.25) is 0 Å². The fraction of sp³-hybridized carbons (Fsp3) is 0.529. The number of aryl methyl sites for hydroxylation is 1. The quantitative estimate of drug-likeness (QED) is 0.595. The van der Waals surface area contributed by atoms with Crippen LogP contribution >= 0.6 is 0 Å². The lowest BCUT2D eigenvalue weighted by molar-refractivity contribution is 0.0953. The predicted molar refractivity (Wildman–Crippen MR) is 94.8 cm³/mol. The molecule has 0 radical (unpaired) electrons. The van der Waals surface area contributed by atoms with Crippen molar-refractivity contribution in [1.82, 2.24) is 25.5 Å². The highest BCUT2D eigenvalue weighted by atomic mass is 16.1. The first-order valence-corrected chi connectivity index (χ1v) is 8.77. The van der Waals surface area contributed by atoms with Gasteiger partial charge in [-0.15, -0.1) is 0 Å². The minimum absolute atomic E-state index is 0.123. The van der Waals surface area contributed by atoms with E-state index in [1.807, 2.05) is 0 Å². The first-order valence-electron chi connectivity index (χ1n) is 8.77. The van der Waals surface area contributed by atoms with E-state index in [2.05, 4.69) is 30.8 Å². The number of nitrogens with zero attached hydrogens (tertiary/aromatic N) is 2. The maximum absolute atomic E-state index is 12.4. The number of rotatable bonds is 6. The highest BCUT2D eigenvalue weighted by Crippen LogP contribution is 2.32. The molecule has 0 spiro atoms. The van der Waals surface area contributed by atoms with E-state index in [-0.39, 0.29) is 11.5 Å². The molecule has 0 atom stereocenters. The van der Waals surface area contributed by atoms with Gasteiger partial charge >= 0.3 is 0 Å². The number of H-pyrrole nitrogens is 2. The highest BCUT2D eigenvalue weighted by Gasteiger charge is 2.23. The Balaban J connectivity index is 1.51. The summed E-state index contributed by atoms with van der Waals surface area (Å²) in [4.78, 5) is 30.6. The molecular weight excluding hydrogens is 320 g/mol. The van der Waals surface area contributed by atoms with Gasteiger partial charge in [0.15, 0.2) is 0 Å². The van der Waals surface area contributed by atoms with Crippen LogP contribution in [0.15, 0.2) is 17.1 Å². The maximum atomic E-state index is 12.4. The van der Waals surface area contributed by atoms with Crippen molar-refractivity contribution in [1.29, 1.82) is 0 Å². The second-order valence-electron chi connectivity index (χ2n) is 6.45. The molecule has 0 aliphatic heterocycles. The van der Waals surface area contributed by atoms with E-state index in [0.29, 0.717) is 36.2 Å². The number of carbonyl (C=O) groups is 1. The Kier molecular flexibility index (Phi) is 5.47. The molecule has 4 N–H and O–H groups in total. The summed E-state index contributed by atoms with van der Waals surface area (Å²) in [5.41, 5.74) is 2.03. The number of anilines is 1. The number of aromatic amines is 2. The second-order valence-corrected chi connectivity index (χ2v) is 6.45. The molecule has 1 aliphatic carbocycles. The third-order valence-electron chi connectivity index (χ3n) is 4.50. The molecular formula is C17H24N6O2. The molecule has 1 saturated carbocycles. The van der Waals surface area contributed by atoms with Crippen LogP contribution in [0.25, 0.3) is 0 Å². The molecule has 1 fully saturated rings. The van der Waals surface area contributed by atoms with Crippen LogP contribution in [0.5, 0.6) is 0 Å². The largest absolute Gasteiger partial charge is 0.354 e. The lowest BCUT2D eigenvalue weighted by Gasteiger charge is -2.21. The smallest absolute Gasteiger partial charge is 0.254 e. The molecule has 0 bridgehead atoms. The Morgan fingerprint density at radius 2 is 2.08 bits per heavy atom. The van der Waals surface area contributed by atoms with Crippen molar-refractivity contribution in [3.05, 3.63) is 39.6 Å². The molecule has 3 rings (SSSR count). The lowest BCUT2D eigenvalue weighted by atomic mass is 9.85. The summed E-state index contributed by atoms with van der Waals surface area (Å²) >= 11 is 0. The molecule has 1 amide bonds. The Bertz CT molecular complexity index is 775. The first kappa shape index (κ1) is 17.2. The van der Waals surface area contributed by atoms with Gasteiger partial charge in [0, 0.05) is 30.8 Å². The van der Waals surface area contributed by atoms with E-state index < -0.39 is 0 Å². The van der Waals surface area contributed by atoms with Crippen molar-refractivity contribution < 1.29 is 4.79 Å². The molecule has 2 heterocycles. The van der Waals surface area contributed by atoms with E-state index in [4.69, 9.17) is 0 Å². The predicted octanol–water partition coefficient (Wildman–Crippen LogP) is 1.69. The summed E-state index contributed by atoms with van der Waals surface area (Å²) < 4.78 is 0. The molecule has 1 aliphatic rings. The summed E-state index contributed by atoms with van der Waals surface area (Å²) in [5, 5.41) is 13.0. The molecule has 0 saturated heterocycles. The molecule has 8 nitrogen and oxygen atoms in total. The van der Waals surface area contributed by atoms with Crippen molar-refractivity contribution in [3.8, 4) is 0 Å². The lowest BCUT2D eigenvalue weighted by Crippen LogP contribution is -2.30. The van der Waals surface area contributed by atoms with E-state index >= 15 is 0 Å². The molecule has 0 aromatic carbocycles. The number of amides is 1.